The van der Waals surface area contributed by atoms with Crippen molar-refractivity contribution in [3.05, 3.63) is 36.9 Å². The van der Waals surface area contributed by atoms with Crippen LogP contribution in [0.15, 0.2) is 41.8 Å². The van der Waals surface area contributed by atoms with Gasteiger partial charge in [-0.3, -0.25) is 9.48 Å². The summed E-state index contributed by atoms with van der Waals surface area (Å²) in [5.74, 6) is -0.227. The second-order valence-corrected chi connectivity index (χ2v) is 6.92. The van der Waals surface area contributed by atoms with Crippen LogP contribution in [0.2, 0.25) is 0 Å². The van der Waals surface area contributed by atoms with Crippen LogP contribution in [0.3, 0.4) is 0 Å². The number of amides is 1. The molecule has 1 aromatic heterocycles. The minimum absolute atomic E-state index is 0.131. The molecule has 0 radical (unpaired) electrons. The molecule has 0 bridgehead atoms. The molecule has 9 heteroatoms. The minimum Gasteiger partial charge on any atom is -0.326 e. The standard InChI is InChI=1S/C13H17N5O3S/c1-17(2)22(20,21)12-5-3-4-11(8-12)16-13(19)6-7-18-10-14-9-15-18/h3-5,8-10H,6-7H2,1-2H3,(H,16,19). The summed E-state index contributed by atoms with van der Waals surface area (Å²) in [5.41, 5.74) is 0.437. The first-order valence-corrected chi connectivity index (χ1v) is 7.98. The van der Waals surface area contributed by atoms with Gasteiger partial charge in [0.05, 0.1) is 11.4 Å². The lowest BCUT2D eigenvalue weighted by atomic mass is 10.3. The van der Waals surface area contributed by atoms with Gasteiger partial charge in [-0.2, -0.15) is 5.10 Å². The van der Waals surface area contributed by atoms with E-state index in [1.165, 1.54) is 38.9 Å². The number of carbonyl (C=O) groups is 1. The summed E-state index contributed by atoms with van der Waals surface area (Å²) in [6.45, 7) is 0.404. The Morgan fingerprint density at radius 3 is 2.77 bits per heavy atom. The highest BCUT2D eigenvalue weighted by molar-refractivity contribution is 7.89. The van der Waals surface area contributed by atoms with Crippen LogP contribution in [0.1, 0.15) is 6.42 Å². The van der Waals surface area contributed by atoms with Gasteiger partial charge in [0.2, 0.25) is 15.9 Å². The molecule has 1 amide bonds. The van der Waals surface area contributed by atoms with Gasteiger partial charge in [0, 0.05) is 26.2 Å². The molecular weight excluding hydrogens is 306 g/mol. The predicted octanol–water partition coefficient (Wildman–Crippen LogP) is 0.557. The van der Waals surface area contributed by atoms with E-state index in [9.17, 15) is 13.2 Å². The first kappa shape index (κ1) is 16.1. The number of nitrogens with one attached hydrogen (secondary N) is 1. The van der Waals surface area contributed by atoms with Gasteiger partial charge in [-0.1, -0.05) is 6.07 Å². The van der Waals surface area contributed by atoms with Crippen molar-refractivity contribution in [3.8, 4) is 0 Å². The number of carbonyl (C=O) groups excluding carboxylic acids is 1. The third-order valence-electron chi connectivity index (χ3n) is 2.93. The van der Waals surface area contributed by atoms with E-state index in [0.717, 1.165) is 4.31 Å². The maximum absolute atomic E-state index is 12.0. The lowest BCUT2D eigenvalue weighted by Gasteiger charge is -2.12. The second kappa shape index (κ2) is 6.67. The van der Waals surface area contributed by atoms with Crippen molar-refractivity contribution in [2.75, 3.05) is 19.4 Å². The van der Waals surface area contributed by atoms with Gasteiger partial charge in [-0.25, -0.2) is 17.7 Å². The van der Waals surface area contributed by atoms with Crippen LogP contribution in [0.25, 0.3) is 0 Å². The average Bonchev–Trinajstić information content (AvgIpc) is 2.98. The molecule has 22 heavy (non-hydrogen) atoms. The monoisotopic (exact) mass is 323 g/mol. The summed E-state index contributed by atoms with van der Waals surface area (Å²) in [7, 11) is -0.609. The zero-order valence-electron chi connectivity index (χ0n) is 12.3. The highest BCUT2D eigenvalue weighted by Crippen LogP contribution is 2.18. The third-order valence-corrected chi connectivity index (χ3v) is 4.74. The number of nitrogens with zero attached hydrogens (tertiary/aromatic N) is 4. The number of sulfonamides is 1. The van der Waals surface area contributed by atoms with Crippen LogP contribution < -0.4 is 5.32 Å². The first-order chi connectivity index (χ1) is 10.4. The van der Waals surface area contributed by atoms with Crippen LogP contribution in [0.4, 0.5) is 5.69 Å². The van der Waals surface area contributed by atoms with E-state index in [1.807, 2.05) is 0 Å². The van der Waals surface area contributed by atoms with Gasteiger partial charge in [0.15, 0.2) is 0 Å². The fraction of sp³-hybridized carbons (Fsp3) is 0.308. The Labute approximate surface area is 128 Å². The zero-order chi connectivity index (χ0) is 16.2. The number of rotatable bonds is 6. The molecule has 0 fully saturated rings. The molecule has 0 unspecified atom stereocenters. The molecule has 0 spiro atoms. The highest BCUT2D eigenvalue weighted by Gasteiger charge is 2.17. The minimum atomic E-state index is -3.52. The van der Waals surface area contributed by atoms with Crippen molar-refractivity contribution in [3.63, 3.8) is 0 Å². The highest BCUT2D eigenvalue weighted by atomic mass is 32.2. The topological polar surface area (TPSA) is 97.2 Å². The van der Waals surface area contributed by atoms with Gasteiger partial charge >= 0.3 is 0 Å². The molecule has 0 aliphatic carbocycles. The molecule has 1 aromatic carbocycles. The van der Waals surface area contributed by atoms with Crippen molar-refractivity contribution in [1.82, 2.24) is 19.1 Å². The van der Waals surface area contributed by atoms with Gasteiger partial charge in [0.1, 0.15) is 12.7 Å². The van der Waals surface area contributed by atoms with Crippen LogP contribution in [-0.2, 0) is 21.4 Å². The molecule has 1 N–H and O–H groups in total. The SMILES string of the molecule is CN(C)S(=O)(=O)c1cccc(NC(=O)CCn2cncn2)c1. The molecule has 0 aliphatic rings. The van der Waals surface area contributed by atoms with E-state index in [4.69, 9.17) is 0 Å². The van der Waals surface area contributed by atoms with Gasteiger partial charge < -0.3 is 5.32 Å². The van der Waals surface area contributed by atoms with Crippen LogP contribution in [-0.4, -0.2) is 47.5 Å². The van der Waals surface area contributed by atoms with E-state index in [-0.39, 0.29) is 17.2 Å². The number of hydrogen-bond acceptors (Lipinski definition) is 5. The van der Waals surface area contributed by atoms with E-state index < -0.39 is 10.0 Å². The van der Waals surface area contributed by atoms with Crippen molar-refractivity contribution < 1.29 is 13.2 Å². The predicted molar refractivity (Wildman–Crippen MR) is 80.6 cm³/mol. The van der Waals surface area contributed by atoms with Gasteiger partial charge in [0.25, 0.3) is 0 Å². The van der Waals surface area contributed by atoms with E-state index in [1.54, 1.807) is 16.8 Å². The van der Waals surface area contributed by atoms with E-state index in [0.29, 0.717) is 12.2 Å². The van der Waals surface area contributed by atoms with Crippen LogP contribution in [0, 0.1) is 0 Å². The zero-order valence-corrected chi connectivity index (χ0v) is 13.1. The molecule has 0 saturated carbocycles. The number of hydrogen-bond donors (Lipinski definition) is 1. The number of anilines is 1. The lowest BCUT2D eigenvalue weighted by molar-refractivity contribution is -0.116. The smallest absolute Gasteiger partial charge is 0.242 e. The fourth-order valence-corrected chi connectivity index (χ4v) is 2.68. The number of aromatic nitrogens is 3. The Morgan fingerprint density at radius 2 is 2.14 bits per heavy atom. The summed E-state index contributed by atoms with van der Waals surface area (Å²) in [6, 6.07) is 6.15. The van der Waals surface area contributed by atoms with E-state index >= 15 is 0 Å². The van der Waals surface area contributed by atoms with Crippen molar-refractivity contribution in [1.29, 1.82) is 0 Å². The summed E-state index contributed by atoms with van der Waals surface area (Å²) in [5, 5.41) is 6.57. The Kier molecular flexibility index (Phi) is 4.88. The summed E-state index contributed by atoms with van der Waals surface area (Å²) in [4.78, 5) is 15.8. The largest absolute Gasteiger partial charge is 0.326 e. The summed E-state index contributed by atoms with van der Waals surface area (Å²) < 4.78 is 26.8. The molecule has 1 heterocycles. The quantitative estimate of drug-likeness (QED) is 0.837. The molecular formula is C13H17N5O3S. The summed E-state index contributed by atoms with van der Waals surface area (Å²) in [6.07, 6.45) is 3.14. The van der Waals surface area contributed by atoms with Crippen molar-refractivity contribution >= 4 is 21.6 Å². The maximum Gasteiger partial charge on any atom is 0.242 e. The molecule has 8 nitrogen and oxygen atoms in total. The lowest BCUT2D eigenvalue weighted by Crippen LogP contribution is -2.22. The Morgan fingerprint density at radius 1 is 1.36 bits per heavy atom. The summed E-state index contributed by atoms with van der Waals surface area (Å²) >= 11 is 0. The third kappa shape index (κ3) is 3.89. The van der Waals surface area contributed by atoms with Crippen molar-refractivity contribution in [2.24, 2.45) is 0 Å². The Hall–Kier alpha value is -2.26. The van der Waals surface area contributed by atoms with Crippen LogP contribution in [0.5, 0.6) is 0 Å². The van der Waals surface area contributed by atoms with Gasteiger partial charge in [-0.15, -0.1) is 0 Å². The Bertz CT molecular complexity index is 741. The second-order valence-electron chi connectivity index (χ2n) is 4.77. The fourth-order valence-electron chi connectivity index (χ4n) is 1.73. The molecule has 118 valence electrons. The molecule has 2 aromatic rings. The maximum atomic E-state index is 12.0. The van der Waals surface area contributed by atoms with Crippen LogP contribution >= 0.6 is 0 Å². The van der Waals surface area contributed by atoms with Crippen molar-refractivity contribution in [2.45, 2.75) is 17.9 Å². The Balaban J connectivity index is 2.02. The molecule has 0 saturated heterocycles. The molecule has 0 aliphatic heterocycles. The van der Waals surface area contributed by atoms with E-state index in [2.05, 4.69) is 15.4 Å². The first-order valence-electron chi connectivity index (χ1n) is 6.54. The number of aryl methyl sites for hydroxylation is 1. The average molecular weight is 323 g/mol. The molecule has 2 rings (SSSR count). The number of benzene rings is 1. The van der Waals surface area contributed by atoms with Gasteiger partial charge in [-0.05, 0) is 18.2 Å². The molecule has 0 atom stereocenters. The normalized spacial score (nSPS) is 11.6.